The van der Waals surface area contributed by atoms with Crippen molar-refractivity contribution in [2.24, 2.45) is 5.92 Å². The number of nitrogens with zero attached hydrogens (tertiary/aromatic N) is 3. The van der Waals surface area contributed by atoms with Gasteiger partial charge in [-0.3, -0.25) is 4.98 Å². The second-order valence-corrected chi connectivity index (χ2v) is 6.64. The molecule has 1 saturated heterocycles. The molecule has 24 heavy (non-hydrogen) atoms. The van der Waals surface area contributed by atoms with E-state index in [9.17, 15) is 5.26 Å². The fourth-order valence-electron chi connectivity index (χ4n) is 3.87. The number of benzene rings is 1. The second kappa shape index (κ2) is 7.59. The summed E-state index contributed by atoms with van der Waals surface area (Å²) in [6.07, 6.45) is 5.28. The maximum absolute atomic E-state index is 10.3. The van der Waals surface area contributed by atoms with Crippen molar-refractivity contribution < 1.29 is 0 Å². The zero-order valence-corrected chi connectivity index (χ0v) is 14.4. The van der Waals surface area contributed by atoms with Gasteiger partial charge in [-0.25, -0.2) is 0 Å². The van der Waals surface area contributed by atoms with Gasteiger partial charge in [0.2, 0.25) is 0 Å². The summed E-state index contributed by atoms with van der Waals surface area (Å²) in [5, 5.41) is 10.3. The highest BCUT2D eigenvalue weighted by Gasteiger charge is 2.46. The van der Waals surface area contributed by atoms with Gasteiger partial charge in [-0.05, 0) is 43.6 Å². The first-order valence-corrected chi connectivity index (χ1v) is 8.92. The van der Waals surface area contributed by atoms with E-state index in [1.165, 1.54) is 12.8 Å². The third-order valence-electron chi connectivity index (χ3n) is 5.19. The zero-order chi connectivity index (χ0) is 16.8. The minimum atomic E-state index is -0.663. The number of rotatable bonds is 6. The standard InChI is InChI=1S/C21H25N3/c1-2-3-14-24-15-12-19(16-24)21(17-22,18-9-5-4-6-10-18)20-11-7-8-13-23-20/h4-11,13,19H,2-3,12,14-16H2,1H3. The van der Waals surface area contributed by atoms with Crippen LogP contribution < -0.4 is 0 Å². The van der Waals surface area contributed by atoms with E-state index < -0.39 is 5.41 Å². The SMILES string of the molecule is CCCCN1CCC(C(C#N)(c2ccccc2)c2ccccn2)C1. The molecule has 3 nitrogen and oxygen atoms in total. The topological polar surface area (TPSA) is 39.9 Å². The largest absolute Gasteiger partial charge is 0.303 e. The summed E-state index contributed by atoms with van der Waals surface area (Å²) >= 11 is 0. The third-order valence-corrected chi connectivity index (χ3v) is 5.19. The number of hydrogen-bond acceptors (Lipinski definition) is 3. The smallest absolute Gasteiger partial charge is 0.128 e. The van der Waals surface area contributed by atoms with E-state index >= 15 is 0 Å². The van der Waals surface area contributed by atoms with E-state index in [2.05, 4.69) is 35.0 Å². The molecule has 124 valence electrons. The summed E-state index contributed by atoms with van der Waals surface area (Å²) in [4.78, 5) is 7.10. The van der Waals surface area contributed by atoms with Gasteiger partial charge in [0.05, 0.1) is 11.8 Å². The van der Waals surface area contributed by atoms with Crippen LogP contribution in [0.25, 0.3) is 0 Å². The molecule has 2 atom stereocenters. The van der Waals surface area contributed by atoms with E-state index in [4.69, 9.17) is 0 Å². The molecular formula is C21H25N3. The van der Waals surface area contributed by atoms with Gasteiger partial charge in [-0.2, -0.15) is 5.26 Å². The first-order chi connectivity index (χ1) is 11.8. The van der Waals surface area contributed by atoms with Crippen LogP contribution in [0.3, 0.4) is 0 Å². The first-order valence-electron chi connectivity index (χ1n) is 8.92. The fourth-order valence-corrected chi connectivity index (χ4v) is 3.87. The van der Waals surface area contributed by atoms with Crippen LogP contribution >= 0.6 is 0 Å². The monoisotopic (exact) mass is 319 g/mol. The number of nitriles is 1. The molecule has 1 aliphatic heterocycles. The molecule has 0 aliphatic carbocycles. The molecule has 3 rings (SSSR count). The summed E-state index contributed by atoms with van der Waals surface area (Å²) < 4.78 is 0. The molecule has 1 aliphatic rings. The van der Waals surface area contributed by atoms with Crippen LogP contribution in [0.4, 0.5) is 0 Å². The molecule has 1 aromatic carbocycles. The van der Waals surface area contributed by atoms with Gasteiger partial charge < -0.3 is 4.90 Å². The highest BCUT2D eigenvalue weighted by molar-refractivity contribution is 5.44. The molecule has 3 heteroatoms. The lowest BCUT2D eigenvalue weighted by atomic mass is 9.68. The van der Waals surface area contributed by atoms with Gasteiger partial charge in [0.15, 0.2) is 0 Å². The minimum Gasteiger partial charge on any atom is -0.303 e. The predicted octanol–water partition coefficient (Wildman–Crippen LogP) is 4.01. The number of unbranched alkanes of at least 4 members (excludes halogenated alkanes) is 1. The van der Waals surface area contributed by atoms with Gasteiger partial charge >= 0.3 is 0 Å². The number of aromatic nitrogens is 1. The van der Waals surface area contributed by atoms with E-state index in [1.807, 2.05) is 36.4 Å². The molecule has 2 unspecified atom stereocenters. The van der Waals surface area contributed by atoms with Crippen LogP contribution in [-0.2, 0) is 5.41 Å². The third kappa shape index (κ3) is 3.07. The van der Waals surface area contributed by atoms with Crippen LogP contribution in [0.1, 0.15) is 37.4 Å². The summed E-state index contributed by atoms with van der Waals surface area (Å²) in [6, 6.07) is 18.8. The molecular weight excluding hydrogens is 294 g/mol. The molecule has 0 spiro atoms. The predicted molar refractivity (Wildman–Crippen MR) is 96.5 cm³/mol. The van der Waals surface area contributed by atoms with Crippen LogP contribution in [0, 0.1) is 17.2 Å². The summed E-state index contributed by atoms with van der Waals surface area (Å²) in [6.45, 7) is 5.41. The average molecular weight is 319 g/mol. The first kappa shape index (κ1) is 16.7. The Hall–Kier alpha value is -2.18. The van der Waals surface area contributed by atoms with Crippen molar-refractivity contribution in [3.05, 3.63) is 66.0 Å². The van der Waals surface area contributed by atoms with Crippen molar-refractivity contribution in [2.45, 2.75) is 31.6 Å². The molecule has 1 aromatic heterocycles. The molecule has 0 N–H and O–H groups in total. The molecule has 0 bridgehead atoms. The highest BCUT2D eigenvalue weighted by atomic mass is 15.1. The minimum absolute atomic E-state index is 0.275. The lowest BCUT2D eigenvalue weighted by Crippen LogP contribution is -2.38. The fraction of sp³-hybridized carbons (Fsp3) is 0.429. The lowest BCUT2D eigenvalue weighted by Gasteiger charge is -2.33. The van der Waals surface area contributed by atoms with Crippen LogP contribution in [0.5, 0.6) is 0 Å². The van der Waals surface area contributed by atoms with Gasteiger partial charge in [-0.1, -0.05) is 49.7 Å². The van der Waals surface area contributed by atoms with Crippen LogP contribution in [-0.4, -0.2) is 29.5 Å². The quantitative estimate of drug-likeness (QED) is 0.807. The van der Waals surface area contributed by atoms with Crippen molar-refractivity contribution in [2.75, 3.05) is 19.6 Å². The zero-order valence-electron chi connectivity index (χ0n) is 14.4. The number of likely N-dealkylation sites (tertiary alicyclic amines) is 1. The van der Waals surface area contributed by atoms with Crippen LogP contribution in [0.15, 0.2) is 54.7 Å². The Morgan fingerprint density at radius 3 is 2.67 bits per heavy atom. The van der Waals surface area contributed by atoms with E-state index in [1.54, 1.807) is 6.20 Å². The Kier molecular flexibility index (Phi) is 5.27. The number of hydrogen-bond donors (Lipinski definition) is 0. The van der Waals surface area contributed by atoms with Crippen molar-refractivity contribution in [1.82, 2.24) is 9.88 Å². The van der Waals surface area contributed by atoms with Gasteiger partial charge in [0, 0.05) is 18.7 Å². The molecule has 0 saturated carbocycles. The molecule has 0 radical (unpaired) electrons. The Balaban J connectivity index is 1.99. The lowest BCUT2D eigenvalue weighted by molar-refractivity contribution is 0.299. The molecule has 1 fully saturated rings. The Labute approximate surface area is 145 Å². The molecule has 2 heterocycles. The average Bonchev–Trinajstić information content (AvgIpc) is 3.12. The van der Waals surface area contributed by atoms with Gasteiger partial charge in [0.25, 0.3) is 0 Å². The van der Waals surface area contributed by atoms with Crippen molar-refractivity contribution in [3.63, 3.8) is 0 Å². The summed E-state index contributed by atoms with van der Waals surface area (Å²) in [7, 11) is 0. The van der Waals surface area contributed by atoms with Crippen LogP contribution in [0.2, 0.25) is 0 Å². The molecule has 2 aromatic rings. The number of pyridine rings is 1. The maximum Gasteiger partial charge on any atom is 0.128 e. The van der Waals surface area contributed by atoms with Crippen molar-refractivity contribution in [1.29, 1.82) is 5.26 Å². The van der Waals surface area contributed by atoms with Gasteiger partial charge in [0.1, 0.15) is 5.41 Å². The van der Waals surface area contributed by atoms with Gasteiger partial charge in [-0.15, -0.1) is 0 Å². The normalized spacial score (nSPS) is 20.4. The van der Waals surface area contributed by atoms with E-state index in [0.29, 0.717) is 0 Å². The molecule has 0 amide bonds. The van der Waals surface area contributed by atoms with Crippen molar-refractivity contribution >= 4 is 0 Å². The second-order valence-electron chi connectivity index (χ2n) is 6.64. The van der Waals surface area contributed by atoms with E-state index in [-0.39, 0.29) is 5.92 Å². The van der Waals surface area contributed by atoms with Crippen molar-refractivity contribution in [3.8, 4) is 6.07 Å². The maximum atomic E-state index is 10.3. The highest BCUT2D eigenvalue weighted by Crippen LogP contribution is 2.42. The Morgan fingerprint density at radius 2 is 2.00 bits per heavy atom. The Bertz CT molecular complexity index is 636. The van der Waals surface area contributed by atoms with E-state index in [0.717, 1.165) is 37.3 Å². The summed E-state index contributed by atoms with van der Waals surface area (Å²) in [5.41, 5.74) is 1.28. The summed E-state index contributed by atoms with van der Waals surface area (Å²) in [5.74, 6) is 0.275. The Morgan fingerprint density at radius 1 is 1.21 bits per heavy atom.